The van der Waals surface area contributed by atoms with Gasteiger partial charge < -0.3 is 14.8 Å². The van der Waals surface area contributed by atoms with Gasteiger partial charge in [-0.15, -0.1) is 0 Å². The summed E-state index contributed by atoms with van der Waals surface area (Å²) in [4.78, 5) is 49.5. The number of carbonyl (C=O) groups is 3. The Balaban J connectivity index is 1.98. The molecule has 0 fully saturated rings. The molecular weight excluding hydrogens is 308 g/mol. The van der Waals surface area contributed by atoms with Crippen LogP contribution in [0, 0.1) is 0 Å². The Morgan fingerprint density at radius 3 is 2.70 bits per heavy atom. The van der Waals surface area contributed by atoms with Crippen molar-refractivity contribution >= 4 is 28.8 Å². The van der Waals surface area contributed by atoms with Gasteiger partial charge in [-0.3, -0.25) is 14.4 Å². The number of amides is 2. The van der Waals surface area contributed by atoms with E-state index in [-0.39, 0.29) is 5.56 Å². The van der Waals surface area contributed by atoms with Gasteiger partial charge in [0.15, 0.2) is 6.61 Å². The highest BCUT2D eigenvalue weighted by molar-refractivity contribution is 5.98. The van der Waals surface area contributed by atoms with Crippen molar-refractivity contribution in [1.29, 1.82) is 0 Å². The average Bonchev–Trinajstić information content (AvgIpc) is 2.51. The Morgan fingerprint density at radius 1 is 1.22 bits per heavy atom. The van der Waals surface area contributed by atoms with Crippen molar-refractivity contribution in [3.63, 3.8) is 0 Å². The van der Waals surface area contributed by atoms with Crippen LogP contribution < -0.4 is 16.4 Å². The van der Waals surface area contributed by atoms with Gasteiger partial charge in [0.2, 0.25) is 0 Å². The molecule has 0 saturated carbocycles. The molecule has 9 nitrogen and oxygen atoms in total. The average molecular weight is 320 g/mol. The quantitative estimate of drug-likeness (QED) is 0.489. The predicted octanol–water partition coefficient (Wildman–Crippen LogP) is -0.345. The molecule has 1 heterocycles. The van der Waals surface area contributed by atoms with Crippen molar-refractivity contribution in [1.82, 2.24) is 10.8 Å². The third-order valence-electron chi connectivity index (χ3n) is 2.68. The Kier molecular flexibility index (Phi) is 5.05. The van der Waals surface area contributed by atoms with E-state index in [1.54, 1.807) is 24.3 Å². The number of benzene rings is 1. The van der Waals surface area contributed by atoms with E-state index in [0.29, 0.717) is 11.0 Å². The minimum atomic E-state index is -1.26. The van der Waals surface area contributed by atoms with Gasteiger partial charge in [-0.05, 0) is 12.1 Å². The number of fused-ring (bicyclic) bond motifs is 1. The van der Waals surface area contributed by atoms with Crippen molar-refractivity contribution in [3.05, 3.63) is 46.3 Å². The van der Waals surface area contributed by atoms with E-state index >= 15 is 0 Å². The van der Waals surface area contributed by atoms with Crippen LogP contribution in [-0.2, 0) is 14.4 Å². The summed E-state index contributed by atoms with van der Waals surface area (Å²) in [7, 11) is 0. The summed E-state index contributed by atoms with van der Waals surface area (Å²) >= 11 is 0. The Hall–Kier alpha value is -3.20. The van der Waals surface area contributed by atoms with Crippen molar-refractivity contribution in [2.24, 2.45) is 0 Å². The van der Waals surface area contributed by atoms with Crippen LogP contribution in [0.5, 0.6) is 0 Å². The van der Waals surface area contributed by atoms with Crippen molar-refractivity contribution in [2.45, 2.75) is 0 Å². The largest absolute Gasteiger partial charge is 0.479 e. The van der Waals surface area contributed by atoms with Gasteiger partial charge in [-0.1, -0.05) is 18.2 Å². The second-order valence-electron chi connectivity index (χ2n) is 4.38. The van der Waals surface area contributed by atoms with Gasteiger partial charge in [-0.2, -0.15) is 0 Å². The van der Waals surface area contributed by atoms with Gasteiger partial charge in [-0.25, -0.2) is 15.1 Å². The minimum Gasteiger partial charge on any atom is -0.479 e. The molecule has 2 amide bonds. The van der Waals surface area contributed by atoms with Gasteiger partial charge >= 0.3 is 11.6 Å². The Labute approximate surface area is 128 Å². The van der Waals surface area contributed by atoms with Crippen LogP contribution in [-0.4, -0.2) is 36.0 Å². The second kappa shape index (κ2) is 7.18. The van der Waals surface area contributed by atoms with Crippen molar-refractivity contribution in [2.75, 3.05) is 13.2 Å². The maximum Gasteiger partial charge on any atom is 0.349 e. The number of hydrogen-bond acceptors (Lipinski definition) is 6. The summed E-state index contributed by atoms with van der Waals surface area (Å²) in [6, 6.07) is 8.02. The molecule has 23 heavy (non-hydrogen) atoms. The third kappa shape index (κ3) is 4.38. The molecule has 1 aromatic heterocycles. The maximum atomic E-state index is 11.9. The fourth-order valence-corrected chi connectivity index (χ4v) is 1.69. The Bertz CT molecular complexity index is 812. The number of hydroxylamine groups is 1. The predicted molar refractivity (Wildman–Crippen MR) is 76.5 cm³/mol. The number of carboxylic acids is 1. The summed E-state index contributed by atoms with van der Waals surface area (Å²) in [5, 5.41) is 11.1. The van der Waals surface area contributed by atoms with Crippen LogP contribution in [0.25, 0.3) is 11.0 Å². The number of para-hydroxylation sites is 1. The molecule has 0 aliphatic carbocycles. The van der Waals surface area contributed by atoms with Gasteiger partial charge in [0, 0.05) is 5.39 Å². The molecule has 0 bridgehead atoms. The Morgan fingerprint density at radius 2 is 1.96 bits per heavy atom. The zero-order valence-electron chi connectivity index (χ0n) is 11.7. The summed E-state index contributed by atoms with van der Waals surface area (Å²) in [5.41, 5.74) is 1.09. The van der Waals surface area contributed by atoms with Crippen LogP contribution in [0.3, 0.4) is 0 Å². The third-order valence-corrected chi connectivity index (χ3v) is 2.68. The molecule has 0 aliphatic rings. The van der Waals surface area contributed by atoms with E-state index in [1.807, 2.05) is 5.48 Å². The monoisotopic (exact) mass is 320 g/mol. The van der Waals surface area contributed by atoms with Gasteiger partial charge in [0.05, 0.1) is 6.54 Å². The molecule has 0 spiro atoms. The standard InChI is InChI=1S/C14H12N2O7/c17-11(16-22-7-12(18)19)6-15-13(20)9-5-8-3-1-2-4-10(8)23-14(9)21/h1-5H,6-7H2,(H,15,20)(H,16,17)(H,18,19). The lowest BCUT2D eigenvalue weighted by molar-refractivity contribution is -0.148. The summed E-state index contributed by atoms with van der Waals surface area (Å²) in [5.74, 6) is -2.83. The second-order valence-corrected chi connectivity index (χ2v) is 4.38. The lowest BCUT2D eigenvalue weighted by Gasteiger charge is -2.06. The first-order valence-corrected chi connectivity index (χ1v) is 6.41. The first kappa shape index (κ1) is 16.2. The van der Waals surface area contributed by atoms with E-state index in [4.69, 9.17) is 9.52 Å². The number of nitrogens with one attached hydrogen (secondary N) is 2. The lowest BCUT2D eigenvalue weighted by Crippen LogP contribution is -2.38. The number of carbonyl (C=O) groups excluding carboxylic acids is 2. The van der Waals surface area contributed by atoms with E-state index in [1.165, 1.54) is 6.07 Å². The topological polar surface area (TPSA) is 135 Å². The molecule has 0 aliphatic heterocycles. The minimum absolute atomic E-state index is 0.247. The smallest absolute Gasteiger partial charge is 0.349 e. The first-order valence-electron chi connectivity index (χ1n) is 6.41. The molecule has 2 rings (SSSR count). The number of hydrogen-bond donors (Lipinski definition) is 3. The lowest BCUT2D eigenvalue weighted by atomic mass is 10.2. The van der Waals surface area contributed by atoms with E-state index in [9.17, 15) is 19.2 Å². The molecule has 3 N–H and O–H groups in total. The molecule has 120 valence electrons. The molecule has 2 aromatic rings. The summed E-state index contributed by atoms with van der Waals surface area (Å²) in [6.45, 7) is -1.21. The molecule has 1 aromatic carbocycles. The highest BCUT2D eigenvalue weighted by Crippen LogP contribution is 2.12. The summed E-state index contributed by atoms with van der Waals surface area (Å²) < 4.78 is 5.01. The molecular formula is C14H12N2O7. The maximum absolute atomic E-state index is 11.9. The van der Waals surface area contributed by atoms with Gasteiger partial charge in [0.1, 0.15) is 11.1 Å². The SMILES string of the molecule is O=C(O)CONC(=O)CNC(=O)c1cc2ccccc2oc1=O. The normalized spacial score (nSPS) is 10.3. The molecule has 0 atom stereocenters. The van der Waals surface area contributed by atoms with Crippen LogP contribution in [0.4, 0.5) is 0 Å². The van der Waals surface area contributed by atoms with Gasteiger partial charge in [0.25, 0.3) is 11.8 Å². The molecule has 9 heteroatoms. The fraction of sp³-hybridized carbons (Fsp3) is 0.143. The van der Waals surface area contributed by atoms with Crippen molar-refractivity contribution in [3.8, 4) is 0 Å². The highest BCUT2D eigenvalue weighted by Gasteiger charge is 2.14. The first-order chi connectivity index (χ1) is 11.0. The zero-order chi connectivity index (χ0) is 16.8. The number of aliphatic carboxylic acids is 1. The number of carboxylic acid groups (broad SMARTS) is 1. The van der Waals surface area contributed by atoms with E-state index in [2.05, 4.69) is 10.2 Å². The van der Waals surface area contributed by atoms with Crippen LogP contribution >= 0.6 is 0 Å². The van der Waals surface area contributed by atoms with Crippen LogP contribution in [0.2, 0.25) is 0 Å². The fourth-order valence-electron chi connectivity index (χ4n) is 1.69. The van der Waals surface area contributed by atoms with Crippen LogP contribution in [0.15, 0.2) is 39.5 Å². The molecule has 0 unspecified atom stereocenters. The highest BCUT2D eigenvalue weighted by atomic mass is 16.7. The molecule has 0 radical (unpaired) electrons. The summed E-state index contributed by atoms with van der Waals surface area (Å²) in [6.07, 6.45) is 0. The van der Waals surface area contributed by atoms with Crippen LogP contribution in [0.1, 0.15) is 10.4 Å². The van der Waals surface area contributed by atoms with E-state index < -0.39 is 36.6 Å². The zero-order valence-corrected chi connectivity index (χ0v) is 11.7. The van der Waals surface area contributed by atoms with E-state index in [0.717, 1.165) is 0 Å². The number of rotatable bonds is 6. The molecule has 0 saturated heterocycles. The van der Waals surface area contributed by atoms with Crippen molar-refractivity contribution < 1.29 is 28.7 Å².